The number of anilines is 1. The lowest BCUT2D eigenvalue weighted by Gasteiger charge is -2.36. The topological polar surface area (TPSA) is 54.0 Å². The van der Waals surface area contributed by atoms with Gasteiger partial charge in [-0.2, -0.15) is 0 Å². The summed E-state index contributed by atoms with van der Waals surface area (Å²) in [6, 6.07) is 16.1. The number of carbonyl (C=O) groups excluding carboxylic acids is 1. The molecule has 28 heavy (non-hydrogen) atoms. The van der Waals surface area contributed by atoms with Gasteiger partial charge in [-0.05, 0) is 18.2 Å². The van der Waals surface area contributed by atoms with Crippen molar-refractivity contribution in [1.29, 1.82) is 0 Å². The highest BCUT2D eigenvalue weighted by Gasteiger charge is 2.25. The lowest BCUT2D eigenvalue weighted by atomic mass is 10.0. The lowest BCUT2D eigenvalue weighted by Crippen LogP contribution is -2.50. The monoisotopic (exact) mass is 381 g/mol. The highest BCUT2D eigenvalue weighted by Crippen LogP contribution is 2.31. The number of ether oxygens (including phenoxy) is 2. The second kappa shape index (κ2) is 8.52. The molecule has 1 saturated heterocycles. The van der Waals surface area contributed by atoms with Crippen molar-refractivity contribution in [2.24, 2.45) is 0 Å². The summed E-state index contributed by atoms with van der Waals surface area (Å²) in [4.78, 5) is 17.2. The first kappa shape index (κ1) is 18.6. The van der Waals surface area contributed by atoms with Gasteiger partial charge in [0, 0.05) is 38.2 Å². The zero-order valence-corrected chi connectivity index (χ0v) is 16.3. The normalized spacial score (nSPS) is 19.5. The van der Waals surface area contributed by atoms with Gasteiger partial charge in [0.05, 0.1) is 32.0 Å². The number of hydrogen-bond acceptors (Lipinski definition) is 5. The number of methoxy groups -OCH3 is 1. The van der Waals surface area contributed by atoms with Crippen LogP contribution in [0.25, 0.3) is 0 Å². The molecule has 4 rings (SSSR count). The van der Waals surface area contributed by atoms with Crippen molar-refractivity contribution >= 4 is 11.6 Å². The molecular formula is C22H27N3O3. The molecule has 1 amide bonds. The van der Waals surface area contributed by atoms with Crippen LogP contribution >= 0.6 is 0 Å². The molecule has 0 aromatic heterocycles. The first-order chi connectivity index (χ1) is 13.7. The van der Waals surface area contributed by atoms with E-state index in [1.165, 1.54) is 0 Å². The Morgan fingerprint density at radius 1 is 1.11 bits per heavy atom. The maximum atomic E-state index is 12.6. The molecule has 2 heterocycles. The highest BCUT2D eigenvalue weighted by atomic mass is 16.5. The minimum absolute atomic E-state index is 0.0346. The van der Waals surface area contributed by atoms with Crippen molar-refractivity contribution in [1.82, 2.24) is 10.2 Å². The minimum Gasteiger partial charge on any atom is -0.495 e. The van der Waals surface area contributed by atoms with E-state index in [1.807, 2.05) is 42.5 Å². The molecule has 0 saturated carbocycles. The Balaban J connectivity index is 1.30. The van der Waals surface area contributed by atoms with Crippen LogP contribution in [0.5, 0.6) is 11.5 Å². The van der Waals surface area contributed by atoms with E-state index in [-0.39, 0.29) is 11.9 Å². The van der Waals surface area contributed by atoms with Crippen molar-refractivity contribution in [2.75, 3.05) is 51.3 Å². The molecule has 0 bridgehead atoms. The highest BCUT2D eigenvalue weighted by molar-refractivity contribution is 5.78. The predicted molar refractivity (Wildman–Crippen MR) is 109 cm³/mol. The Morgan fingerprint density at radius 2 is 1.86 bits per heavy atom. The number of nitrogens with one attached hydrogen (secondary N) is 1. The van der Waals surface area contributed by atoms with Crippen LogP contribution in [-0.4, -0.2) is 57.2 Å². The second-order valence-electron chi connectivity index (χ2n) is 7.23. The van der Waals surface area contributed by atoms with Crippen molar-refractivity contribution in [2.45, 2.75) is 12.5 Å². The number of piperazine rings is 1. The van der Waals surface area contributed by atoms with Crippen molar-refractivity contribution in [3.63, 3.8) is 0 Å². The zero-order chi connectivity index (χ0) is 19.3. The van der Waals surface area contributed by atoms with Crippen LogP contribution in [0.2, 0.25) is 0 Å². The van der Waals surface area contributed by atoms with Crippen LogP contribution in [0.1, 0.15) is 18.0 Å². The Morgan fingerprint density at radius 3 is 2.68 bits per heavy atom. The van der Waals surface area contributed by atoms with E-state index in [0.29, 0.717) is 13.2 Å². The molecular weight excluding hydrogens is 354 g/mol. The van der Waals surface area contributed by atoms with Crippen LogP contribution in [-0.2, 0) is 4.79 Å². The van der Waals surface area contributed by atoms with Crippen molar-refractivity contribution < 1.29 is 14.3 Å². The summed E-state index contributed by atoms with van der Waals surface area (Å²) in [5.74, 6) is 1.85. The van der Waals surface area contributed by atoms with E-state index in [2.05, 4.69) is 21.2 Å². The van der Waals surface area contributed by atoms with Gasteiger partial charge >= 0.3 is 0 Å². The molecule has 6 nitrogen and oxygen atoms in total. The summed E-state index contributed by atoms with van der Waals surface area (Å²) in [5.41, 5.74) is 2.19. The number of carbonyl (C=O) groups is 1. The van der Waals surface area contributed by atoms with Gasteiger partial charge in [-0.3, -0.25) is 9.69 Å². The van der Waals surface area contributed by atoms with Crippen LogP contribution in [0.15, 0.2) is 48.5 Å². The molecule has 1 unspecified atom stereocenters. The van der Waals surface area contributed by atoms with E-state index >= 15 is 0 Å². The Bertz CT molecular complexity index is 818. The second-order valence-corrected chi connectivity index (χ2v) is 7.23. The smallest absolute Gasteiger partial charge is 0.234 e. The fraction of sp³-hybridized carbons (Fsp3) is 0.409. The van der Waals surface area contributed by atoms with Gasteiger partial charge in [-0.1, -0.05) is 30.3 Å². The Kier molecular flexibility index (Phi) is 5.67. The average Bonchev–Trinajstić information content (AvgIpc) is 2.74. The molecule has 2 aliphatic rings. The third kappa shape index (κ3) is 4.07. The van der Waals surface area contributed by atoms with E-state index in [4.69, 9.17) is 9.47 Å². The molecule has 0 aliphatic carbocycles. The number of hydrogen-bond donors (Lipinski definition) is 1. The quantitative estimate of drug-likeness (QED) is 0.862. The number of nitrogens with zero attached hydrogens (tertiary/aromatic N) is 2. The van der Waals surface area contributed by atoms with Gasteiger partial charge in [0.2, 0.25) is 5.91 Å². The Hall–Kier alpha value is -2.73. The van der Waals surface area contributed by atoms with E-state index in [9.17, 15) is 4.79 Å². The summed E-state index contributed by atoms with van der Waals surface area (Å²) < 4.78 is 11.2. The van der Waals surface area contributed by atoms with Gasteiger partial charge < -0.3 is 19.7 Å². The Labute approximate surface area is 166 Å². The standard InChI is InChI=1S/C22H27N3O3/c1-27-21-9-5-3-7-19(21)25-13-11-24(12-14-25)16-22(26)23-18-10-15-28-20-8-4-2-6-17(18)20/h2-9,18H,10-16H2,1H3,(H,23,26). The van der Waals surface area contributed by atoms with Gasteiger partial charge in [0.15, 0.2) is 0 Å². The molecule has 6 heteroatoms. The molecule has 0 radical (unpaired) electrons. The predicted octanol–water partition coefficient (Wildman–Crippen LogP) is 2.46. The van der Waals surface area contributed by atoms with E-state index in [1.54, 1.807) is 7.11 Å². The van der Waals surface area contributed by atoms with E-state index in [0.717, 1.165) is 55.3 Å². The maximum absolute atomic E-state index is 12.6. The largest absolute Gasteiger partial charge is 0.495 e. The minimum atomic E-state index is 0.0346. The summed E-state index contributed by atoms with van der Waals surface area (Å²) in [5, 5.41) is 3.19. The molecule has 1 atom stereocenters. The first-order valence-electron chi connectivity index (χ1n) is 9.86. The van der Waals surface area contributed by atoms with Gasteiger partial charge in [0.25, 0.3) is 0 Å². The fourth-order valence-electron chi connectivity index (χ4n) is 3.97. The van der Waals surface area contributed by atoms with Crippen molar-refractivity contribution in [3.05, 3.63) is 54.1 Å². The summed E-state index contributed by atoms with van der Waals surface area (Å²) >= 11 is 0. The number of benzene rings is 2. The maximum Gasteiger partial charge on any atom is 0.234 e. The number of rotatable bonds is 5. The van der Waals surface area contributed by atoms with Crippen LogP contribution in [0, 0.1) is 0 Å². The van der Waals surface area contributed by atoms with Gasteiger partial charge in [0.1, 0.15) is 11.5 Å². The summed E-state index contributed by atoms with van der Waals surface area (Å²) in [6.07, 6.45) is 0.810. The summed E-state index contributed by atoms with van der Waals surface area (Å²) in [6.45, 7) is 4.55. The SMILES string of the molecule is COc1ccccc1N1CCN(CC(=O)NC2CCOc3ccccc32)CC1. The van der Waals surface area contributed by atoms with Crippen LogP contribution in [0.4, 0.5) is 5.69 Å². The molecule has 0 spiro atoms. The van der Waals surface area contributed by atoms with Gasteiger partial charge in [-0.15, -0.1) is 0 Å². The third-order valence-corrected chi connectivity index (χ3v) is 5.46. The molecule has 2 aliphatic heterocycles. The number of para-hydroxylation sites is 3. The van der Waals surface area contributed by atoms with Crippen molar-refractivity contribution in [3.8, 4) is 11.5 Å². The average molecular weight is 381 g/mol. The van der Waals surface area contributed by atoms with Gasteiger partial charge in [-0.25, -0.2) is 0 Å². The molecule has 2 aromatic rings. The summed E-state index contributed by atoms with van der Waals surface area (Å²) in [7, 11) is 1.70. The third-order valence-electron chi connectivity index (χ3n) is 5.46. The molecule has 1 N–H and O–H groups in total. The number of amides is 1. The van der Waals surface area contributed by atoms with Crippen LogP contribution < -0.4 is 19.7 Å². The zero-order valence-electron chi connectivity index (χ0n) is 16.3. The lowest BCUT2D eigenvalue weighted by molar-refractivity contribution is -0.123. The fourth-order valence-corrected chi connectivity index (χ4v) is 3.97. The molecule has 2 aromatic carbocycles. The van der Waals surface area contributed by atoms with Crippen LogP contribution in [0.3, 0.4) is 0 Å². The van der Waals surface area contributed by atoms with E-state index < -0.39 is 0 Å². The molecule has 1 fully saturated rings. The number of fused-ring (bicyclic) bond motifs is 1. The first-order valence-corrected chi connectivity index (χ1v) is 9.86. The molecule has 148 valence electrons.